The quantitative estimate of drug-likeness (QED) is 0.785. The van der Waals surface area contributed by atoms with E-state index in [0.29, 0.717) is 17.0 Å². The molecule has 0 spiro atoms. The summed E-state index contributed by atoms with van der Waals surface area (Å²) in [6.45, 7) is 1.90. The summed E-state index contributed by atoms with van der Waals surface area (Å²) >= 11 is 0.526. The number of aromatic nitrogens is 2. The minimum Gasteiger partial charge on any atom is -0.261 e. The van der Waals surface area contributed by atoms with Crippen molar-refractivity contribution in [3.8, 4) is 5.69 Å². The molecule has 0 aliphatic carbocycles. The second kappa shape index (κ2) is 4.56. The van der Waals surface area contributed by atoms with Crippen molar-refractivity contribution in [2.24, 2.45) is 4.99 Å². The first kappa shape index (κ1) is 12.8. The van der Waals surface area contributed by atoms with Gasteiger partial charge in [-0.2, -0.15) is 13.2 Å². The highest BCUT2D eigenvalue weighted by Crippen LogP contribution is 2.29. The van der Waals surface area contributed by atoms with Gasteiger partial charge in [0.05, 0.1) is 5.69 Å². The zero-order valence-corrected chi connectivity index (χ0v) is 10.5. The Labute approximate surface area is 105 Å². The van der Waals surface area contributed by atoms with Crippen LogP contribution in [0.1, 0.15) is 10.6 Å². The van der Waals surface area contributed by atoms with Gasteiger partial charge < -0.3 is 0 Å². The third-order valence-corrected chi connectivity index (χ3v) is 3.32. The number of nitrogens with zero attached hydrogens (tertiary/aromatic N) is 3. The van der Waals surface area contributed by atoms with Gasteiger partial charge in [-0.25, -0.2) is 4.68 Å². The molecule has 0 atom stereocenters. The van der Waals surface area contributed by atoms with Crippen LogP contribution in [0.5, 0.6) is 0 Å². The van der Waals surface area contributed by atoms with Gasteiger partial charge in [0.15, 0.2) is 0 Å². The van der Waals surface area contributed by atoms with Crippen LogP contribution in [-0.2, 0) is 6.18 Å². The smallest absolute Gasteiger partial charge is 0.261 e. The maximum Gasteiger partial charge on any atom is 0.445 e. The van der Waals surface area contributed by atoms with Gasteiger partial charge in [-0.1, -0.05) is 29.0 Å². The summed E-state index contributed by atoms with van der Waals surface area (Å²) in [6.07, 6.45) is -4.44. The molecule has 0 bridgehead atoms. The van der Waals surface area contributed by atoms with Crippen LogP contribution in [0.4, 0.5) is 13.2 Å². The van der Waals surface area contributed by atoms with E-state index in [9.17, 15) is 13.2 Å². The van der Waals surface area contributed by atoms with Gasteiger partial charge in [0, 0.05) is 7.05 Å². The van der Waals surface area contributed by atoms with Crippen LogP contribution >= 0.6 is 11.3 Å². The summed E-state index contributed by atoms with van der Waals surface area (Å²) in [4.78, 5) is 4.04. The first-order valence-corrected chi connectivity index (χ1v) is 5.90. The second-order valence-electron chi connectivity index (χ2n) is 3.66. The number of rotatable bonds is 1. The van der Waals surface area contributed by atoms with E-state index in [1.54, 1.807) is 12.1 Å². The van der Waals surface area contributed by atoms with Crippen LogP contribution in [0.15, 0.2) is 29.3 Å². The number of hydrogen-bond acceptors (Lipinski definition) is 3. The van der Waals surface area contributed by atoms with Crippen molar-refractivity contribution >= 4 is 11.3 Å². The van der Waals surface area contributed by atoms with Crippen LogP contribution in [-0.4, -0.2) is 16.8 Å². The Hall–Kier alpha value is -1.63. The number of benzene rings is 1. The SMILES string of the molecule is CN=c1sc(C(F)(F)F)nn1-c1ccc(C)cc1. The van der Waals surface area contributed by atoms with Crippen LogP contribution in [0.2, 0.25) is 0 Å². The molecule has 0 radical (unpaired) electrons. The first-order valence-electron chi connectivity index (χ1n) is 5.09. The topological polar surface area (TPSA) is 30.2 Å². The lowest BCUT2D eigenvalue weighted by Crippen LogP contribution is -2.14. The Balaban J connectivity index is 2.58. The lowest BCUT2D eigenvalue weighted by molar-refractivity contribution is -0.138. The zero-order valence-electron chi connectivity index (χ0n) is 9.69. The molecule has 0 unspecified atom stereocenters. The summed E-state index contributed by atoms with van der Waals surface area (Å²) in [5.74, 6) is 0. The Morgan fingerprint density at radius 1 is 1.22 bits per heavy atom. The number of alkyl halides is 3. The molecule has 7 heteroatoms. The number of hydrogen-bond donors (Lipinski definition) is 0. The third kappa shape index (κ3) is 2.45. The lowest BCUT2D eigenvalue weighted by Gasteiger charge is -2.02. The molecule has 96 valence electrons. The van der Waals surface area contributed by atoms with Crippen molar-refractivity contribution in [3.05, 3.63) is 39.6 Å². The van der Waals surface area contributed by atoms with Crippen LogP contribution in [0.3, 0.4) is 0 Å². The fourth-order valence-electron chi connectivity index (χ4n) is 1.39. The van der Waals surface area contributed by atoms with Gasteiger partial charge in [-0.15, -0.1) is 5.10 Å². The summed E-state index contributed by atoms with van der Waals surface area (Å²) in [5, 5.41) is 2.67. The van der Waals surface area contributed by atoms with Gasteiger partial charge in [-0.3, -0.25) is 4.99 Å². The van der Waals surface area contributed by atoms with Gasteiger partial charge in [0.2, 0.25) is 9.81 Å². The Morgan fingerprint density at radius 3 is 2.33 bits per heavy atom. The highest BCUT2D eigenvalue weighted by Gasteiger charge is 2.35. The van der Waals surface area contributed by atoms with Gasteiger partial charge >= 0.3 is 6.18 Å². The normalized spacial score (nSPS) is 13.1. The Kier molecular flexibility index (Phi) is 3.25. The van der Waals surface area contributed by atoms with E-state index in [1.165, 1.54) is 11.7 Å². The van der Waals surface area contributed by atoms with Crippen molar-refractivity contribution in [3.63, 3.8) is 0 Å². The van der Waals surface area contributed by atoms with Crippen LogP contribution in [0, 0.1) is 6.92 Å². The molecule has 0 saturated carbocycles. The van der Waals surface area contributed by atoms with E-state index >= 15 is 0 Å². The maximum atomic E-state index is 12.6. The van der Waals surface area contributed by atoms with Crippen molar-refractivity contribution in [2.45, 2.75) is 13.1 Å². The minimum atomic E-state index is -4.44. The molecule has 1 heterocycles. The second-order valence-corrected chi connectivity index (χ2v) is 4.61. The van der Waals surface area contributed by atoms with E-state index in [0.717, 1.165) is 5.56 Å². The molecule has 3 nitrogen and oxygen atoms in total. The Morgan fingerprint density at radius 2 is 1.83 bits per heavy atom. The fourth-order valence-corrected chi connectivity index (χ4v) is 2.13. The first-order chi connectivity index (χ1) is 8.41. The molecule has 2 rings (SSSR count). The summed E-state index contributed by atoms with van der Waals surface area (Å²) in [6, 6.07) is 7.05. The number of aryl methyl sites for hydroxylation is 1. The molecular formula is C11H10F3N3S. The average molecular weight is 273 g/mol. The molecule has 1 aromatic heterocycles. The highest BCUT2D eigenvalue weighted by molar-refractivity contribution is 7.08. The van der Waals surface area contributed by atoms with Crippen molar-refractivity contribution in [1.82, 2.24) is 9.78 Å². The van der Waals surface area contributed by atoms with Crippen molar-refractivity contribution in [2.75, 3.05) is 7.05 Å². The molecule has 0 aliphatic heterocycles. The largest absolute Gasteiger partial charge is 0.445 e. The van der Waals surface area contributed by atoms with Crippen molar-refractivity contribution in [1.29, 1.82) is 0 Å². The Bertz CT molecular complexity index is 608. The standard InChI is InChI=1S/C11H10F3N3S/c1-7-3-5-8(6-4-7)17-10(15-2)18-9(16-17)11(12,13)14/h3-6H,1-2H3. The molecule has 0 aliphatic rings. The van der Waals surface area contributed by atoms with E-state index in [2.05, 4.69) is 10.1 Å². The molecule has 0 saturated heterocycles. The molecule has 0 amide bonds. The van der Waals surface area contributed by atoms with E-state index in [-0.39, 0.29) is 4.80 Å². The predicted molar refractivity (Wildman–Crippen MR) is 62.7 cm³/mol. The van der Waals surface area contributed by atoms with Gasteiger partial charge in [0.1, 0.15) is 0 Å². The fraction of sp³-hybridized carbons (Fsp3) is 0.273. The number of halogens is 3. The zero-order chi connectivity index (χ0) is 13.3. The van der Waals surface area contributed by atoms with Crippen molar-refractivity contribution < 1.29 is 13.2 Å². The summed E-state index contributed by atoms with van der Waals surface area (Å²) in [5.41, 5.74) is 1.59. The molecular weight excluding hydrogens is 263 g/mol. The average Bonchev–Trinajstić information content (AvgIpc) is 2.73. The molecule has 18 heavy (non-hydrogen) atoms. The summed E-state index contributed by atoms with van der Waals surface area (Å²) < 4.78 is 39.0. The molecule has 0 N–H and O–H groups in total. The molecule has 2 aromatic rings. The summed E-state index contributed by atoms with van der Waals surface area (Å²) in [7, 11) is 1.44. The van der Waals surface area contributed by atoms with Gasteiger partial charge in [-0.05, 0) is 19.1 Å². The third-order valence-electron chi connectivity index (χ3n) is 2.27. The van der Waals surface area contributed by atoms with E-state index in [1.807, 2.05) is 19.1 Å². The van der Waals surface area contributed by atoms with Gasteiger partial charge in [0.25, 0.3) is 0 Å². The van der Waals surface area contributed by atoms with E-state index < -0.39 is 11.2 Å². The highest BCUT2D eigenvalue weighted by atomic mass is 32.1. The van der Waals surface area contributed by atoms with Crippen LogP contribution in [0.25, 0.3) is 5.69 Å². The maximum absolute atomic E-state index is 12.6. The van der Waals surface area contributed by atoms with E-state index in [4.69, 9.17) is 0 Å². The molecule has 0 fully saturated rings. The monoisotopic (exact) mass is 273 g/mol. The molecule has 1 aromatic carbocycles. The predicted octanol–water partition coefficient (Wildman–Crippen LogP) is 2.79. The lowest BCUT2D eigenvalue weighted by atomic mass is 10.2. The van der Waals surface area contributed by atoms with Crippen LogP contribution < -0.4 is 4.80 Å². The minimum absolute atomic E-state index is 0.214.